The number of amides is 2. The fourth-order valence-electron chi connectivity index (χ4n) is 2.87. The Bertz CT molecular complexity index is 1130. The van der Waals surface area contributed by atoms with Gasteiger partial charge in [-0.2, -0.15) is 5.10 Å². The molecule has 0 radical (unpaired) electrons. The van der Waals surface area contributed by atoms with Gasteiger partial charge in [-0.3, -0.25) is 14.7 Å². The van der Waals surface area contributed by atoms with Gasteiger partial charge in [-0.05, 0) is 56.7 Å². The third-order valence-corrected chi connectivity index (χ3v) is 5.57. The molecule has 0 fully saturated rings. The largest absolute Gasteiger partial charge is 0.497 e. The standard InChI is InChI=1S/C21H22N4O5S/c1-10(2)30-21(28)16-11(3)17(18(22)26)31-20(16)23-19(27)15-9-14(24-25-15)12-5-7-13(29-4)8-6-12/h5-10H,1-4H3,(H2,22,26)(H,23,27)(H,24,25). The van der Waals surface area contributed by atoms with Crippen molar-refractivity contribution in [3.8, 4) is 17.0 Å². The number of rotatable bonds is 7. The molecule has 3 aromatic rings. The molecule has 4 N–H and O–H groups in total. The molecule has 1 aromatic carbocycles. The Balaban J connectivity index is 1.87. The van der Waals surface area contributed by atoms with Crippen LogP contribution in [0.3, 0.4) is 0 Å². The molecule has 2 aromatic heterocycles. The number of nitrogens with one attached hydrogen (secondary N) is 2. The molecule has 0 unspecified atom stereocenters. The highest BCUT2D eigenvalue weighted by atomic mass is 32.1. The molecule has 0 bridgehead atoms. The summed E-state index contributed by atoms with van der Waals surface area (Å²) < 4.78 is 10.4. The second-order valence-corrected chi connectivity index (χ2v) is 7.95. The van der Waals surface area contributed by atoms with E-state index in [1.807, 2.05) is 12.1 Å². The Labute approximate surface area is 182 Å². The van der Waals surface area contributed by atoms with Crippen LogP contribution in [0.2, 0.25) is 0 Å². The number of hydrogen-bond donors (Lipinski definition) is 3. The quantitative estimate of drug-likeness (QED) is 0.480. The maximum Gasteiger partial charge on any atom is 0.341 e. The van der Waals surface area contributed by atoms with Crippen molar-refractivity contribution >= 4 is 34.1 Å². The van der Waals surface area contributed by atoms with Crippen molar-refractivity contribution in [1.29, 1.82) is 0 Å². The third kappa shape index (κ3) is 4.75. The first kappa shape index (κ1) is 22.0. The van der Waals surface area contributed by atoms with Gasteiger partial charge in [0.05, 0.1) is 29.3 Å². The van der Waals surface area contributed by atoms with Gasteiger partial charge in [0.25, 0.3) is 11.8 Å². The molecule has 31 heavy (non-hydrogen) atoms. The van der Waals surface area contributed by atoms with E-state index in [0.717, 1.165) is 16.9 Å². The highest BCUT2D eigenvalue weighted by Gasteiger charge is 2.27. The number of benzene rings is 1. The van der Waals surface area contributed by atoms with E-state index in [0.29, 0.717) is 17.0 Å². The molecule has 3 rings (SSSR count). The number of ether oxygens (including phenoxy) is 2. The minimum absolute atomic E-state index is 0.107. The molecule has 2 amide bonds. The summed E-state index contributed by atoms with van der Waals surface area (Å²) >= 11 is 0.924. The summed E-state index contributed by atoms with van der Waals surface area (Å²) in [6, 6.07) is 8.79. The normalized spacial score (nSPS) is 10.7. The first-order chi connectivity index (χ1) is 14.7. The number of nitrogens with two attached hydrogens (primary N) is 1. The average Bonchev–Trinajstić information content (AvgIpc) is 3.32. The number of methoxy groups -OCH3 is 1. The Morgan fingerprint density at radius 2 is 1.87 bits per heavy atom. The van der Waals surface area contributed by atoms with Crippen LogP contribution in [-0.4, -0.2) is 41.2 Å². The van der Waals surface area contributed by atoms with Gasteiger partial charge in [0.15, 0.2) is 0 Å². The third-order valence-electron chi connectivity index (χ3n) is 4.35. The van der Waals surface area contributed by atoms with Gasteiger partial charge in [0, 0.05) is 5.56 Å². The number of thiophene rings is 1. The number of carbonyl (C=O) groups excluding carboxylic acids is 3. The molecule has 0 aliphatic heterocycles. The van der Waals surface area contributed by atoms with Crippen LogP contribution in [0.5, 0.6) is 5.75 Å². The zero-order valence-corrected chi connectivity index (χ0v) is 18.3. The SMILES string of the molecule is COc1ccc(-c2cc(C(=O)Nc3sc(C(N)=O)c(C)c3C(=O)OC(C)C)[nH]n2)cc1. The van der Waals surface area contributed by atoms with Crippen LogP contribution in [0.15, 0.2) is 30.3 Å². The van der Waals surface area contributed by atoms with Crippen molar-refractivity contribution in [2.24, 2.45) is 5.73 Å². The summed E-state index contributed by atoms with van der Waals surface area (Å²) in [4.78, 5) is 37.2. The molecule has 0 saturated carbocycles. The van der Waals surface area contributed by atoms with Gasteiger partial charge in [0.2, 0.25) is 0 Å². The molecule has 0 aliphatic carbocycles. The van der Waals surface area contributed by atoms with E-state index in [1.54, 1.807) is 46.1 Å². The number of nitrogens with zero attached hydrogens (tertiary/aromatic N) is 1. The lowest BCUT2D eigenvalue weighted by Crippen LogP contribution is -2.17. The topological polar surface area (TPSA) is 136 Å². The van der Waals surface area contributed by atoms with Gasteiger partial charge in [-0.1, -0.05) is 0 Å². The summed E-state index contributed by atoms with van der Waals surface area (Å²) in [6.45, 7) is 5.00. The molecular formula is C21H22N4O5S. The van der Waals surface area contributed by atoms with Crippen molar-refractivity contribution in [2.45, 2.75) is 26.9 Å². The zero-order chi connectivity index (χ0) is 22.7. The summed E-state index contributed by atoms with van der Waals surface area (Å²) in [7, 11) is 1.58. The Kier molecular flexibility index (Phi) is 6.40. The van der Waals surface area contributed by atoms with E-state index in [-0.39, 0.29) is 27.2 Å². The van der Waals surface area contributed by atoms with Crippen LogP contribution in [0.4, 0.5) is 5.00 Å². The summed E-state index contributed by atoms with van der Waals surface area (Å²) in [5.41, 5.74) is 7.42. The number of anilines is 1. The van der Waals surface area contributed by atoms with Crippen LogP contribution >= 0.6 is 11.3 Å². The van der Waals surface area contributed by atoms with Crippen LogP contribution in [-0.2, 0) is 4.74 Å². The predicted octanol–water partition coefficient (Wildman–Crippen LogP) is 3.37. The maximum atomic E-state index is 12.8. The molecule has 2 heterocycles. The number of aromatic nitrogens is 2. The van der Waals surface area contributed by atoms with Crippen molar-refractivity contribution in [2.75, 3.05) is 12.4 Å². The van der Waals surface area contributed by atoms with Crippen molar-refractivity contribution in [1.82, 2.24) is 10.2 Å². The summed E-state index contributed by atoms with van der Waals surface area (Å²) in [6.07, 6.45) is -0.368. The first-order valence-electron chi connectivity index (χ1n) is 9.36. The fourth-order valence-corrected chi connectivity index (χ4v) is 3.92. The molecule has 0 spiro atoms. The molecule has 9 nitrogen and oxygen atoms in total. The van der Waals surface area contributed by atoms with E-state index < -0.39 is 17.8 Å². The van der Waals surface area contributed by atoms with Gasteiger partial charge < -0.3 is 20.5 Å². The lowest BCUT2D eigenvalue weighted by molar-refractivity contribution is 0.0379. The minimum atomic E-state index is -0.690. The van der Waals surface area contributed by atoms with Gasteiger partial charge >= 0.3 is 5.97 Å². The fraction of sp³-hybridized carbons (Fsp3) is 0.238. The van der Waals surface area contributed by atoms with Gasteiger partial charge in [-0.25, -0.2) is 4.79 Å². The Hall–Kier alpha value is -3.66. The van der Waals surface area contributed by atoms with E-state index in [4.69, 9.17) is 15.2 Å². The highest BCUT2D eigenvalue weighted by molar-refractivity contribution is 7.18. The van der Waals surface area contributed by atoms with Crippen LogP contribution in [0.25, 0.3) is 11.3 Å². The lowest BCUT2D eigenvalue weighted by Gasteiger charge is -2.10. The van der Waals surface area contributed by atoms with Crippen LogP contribution < -0.4 is 15.8 Å². The number of hydrogen-bond acceptors (Lipinski definition) is 7. The number of primary amides is 1. The average molecular weight is 442 g/mol. The molecule has 0 saturated heterocycles. The molecule has 0 aliphatic rings. The second kappa shape index (κ2) is 9.00. The number of esters is 1. The second-order valence-electron chi connectivity index (χ2n) is 6.93. The van der Waals surface area contributed by atoms with Crippen molar-refractivity contribution in [3.63, 3.8) is 0 Å². The van der Waals surface area contributed by atoms with Crippen molar-refractivity contribution in [3.05, 3.63) is 52.0 Å². The predicted molar refractivity (Wildman–Crippen MR) is 117 cm³/mol. The van der Waals surface area contributed by atoms with Gasteiger partial charge in [0.1, 0.15) is 16.4 Å². The summed E-state index contributed by atoms with van der Waals surface area (Å²) in [5.74, 6) is -1.15. The summed E-state index contributed by atoms with van der Waals surface area (Å²) in [5, 5.41) is 9.69. The monoisotopic (exact) mass is 442 g/mol. The van der Waals surface area contributed by atoms with E-state index >= 15 is 0 Å². The number of aromatic amines is 1. The van der Waals surface area contributed by atoms with Crippen LogP contribution in [0, 0.1) is 6.92 Å². The Morgan fingerprint density at radius 3 is 2.45 bits per heavy atom. The van der Waals surface area contributed by atoms with Crippen LogP contribution in [0.1, 0.15) is 49.9 Å². The Morgan fingerprint density at radius 1 is 1.19 bits per heavy atom. The molecule has 0 atom stereocenters. The first-order valence-corrected chi connectivity index (χ1v) is 10.2. The highest BCUT2D eigenvalue weighted by Crippen LogP contribution is 2.34. The van der Waals surface area contributed by atoms with Crippen molar-refractivity contribution < 1.29 is 23.9 Å². The lowest BCUT2D eigenvalue weighted by atomic mass is 10.1. The molecule has 162 valence electrons. The zero-order valence-electron chi connectivity index (χ0n) is 17.4. The van der Waals surface area contributed by atoms with E-state index in [2.05, 4.69) is 15.5 Å². The smallest absolute Gasteiger partial charge is 0.341 e. The van der Waals surface area contributed by atoms with E-state index in [9.17, 15) is 14.4 Å². The maximum absolute atomic E-state index is 12.8. The molecular weight excluding hydrogens is 420 g/mol. The number of H-pyrrole nitrogens is 1. The minimum Gasteiger partial charge on any atom is -0.497 e. The van der Waals surface area contributed by atoms with Gasteiger partial charge in [-0.15, -0.1) is 11.3 Å². The molecule has 10 heteroatoms. The number of carbonyl (C=O) groups is 3. The van der Waals surface area contributed by atoms with E-state index in [1.165, 1.54) is 0 Å².